The Morgan fingerprint density at radius 2 is 1.25 bits per heavy atom. The minimum Gasteiger partial charge on any atom is -0.494 e. The van der Waals surface area contributed by atoms with Crippen LogP contribution in [0.3, 0.4) is 0 Å². The van der Waals surface area contributed by atoms with Gasteiger partial charge >= 0.3 is 23.9 Å². The molecule has 434 valence electrons. The second-order valence-corrected chi connectivity index (χ2v) is 18.5. The molecule has 5 amide bonds. The first-order chi connectivity index (χ1) is 36.7. The summed E-state index contributed by atoms with van der Waals surface area (Å²) >= 11 is 0. The lowest BCUT2D eigenvalue weighted by molar-refractivity contribution is -0.143. The van der Waals surface area contributed by atoms with E-state index >= 15 is 0 Å². The van der Waals surface area contributed by atoms with Crippen molar-refractivity contribution in [3.8, 4) is 5.75 Å². The summed E-state index contributed by atoms with van der Waals surface area (Å²) in [7, 11) is 0. The second kappa shape index (κ2) is 37.9. The second-order valence-electron chi connectivity index (χ2n) is 18.5. The van der Waals surface area contributed by atoms with Crippen LogP contribution in [-0.4, -0.2) is 237 Å². The Hall–Kier alpha value is -6.76. The van der Waals surface area contributed by atoms with Crippen molar-refractivity contribution in [1.29, 1.82) is 5.41 Å². The van der Waals surface area contributed by atoms with Crippen LogP contribution in [0, 0.1) is 23.2 Å². The van der Waals surface area contributed by atoms with E-state index in [1.54, 1.807) is 29.7 Å². The molecule has 1 aromatic rings. The number of hydrogen-bond donors (Lipinski definition) is 13. The molecule has 0 radical (unpaired) electrons. The molecule has 14 N–H and O–H groups in total. The van der Waals surface area contributed by atoms with Crippen molar-refractivity contribution in [2.24, 2.45) is 23.5 Å². The zero-order valence-electron chi connectivity index (χ0n) is 43.8. The van der Waals surface area contributed by atoms with Crippen LogP contribution in [0.5, 0.6) is 5.75 Å². The summed E-state index contributed by atoms with van der Waals surface area (Å²) in [6, 6.07) is 4.74. The minimum atomic E-state index is -1.26. The smallest absolute Gasteiger partial charge is 0.317 e. The molecule has 0 saturated carbocycles. The Kier molecular flexibility index (Phi) is 32.7. The van der Waals surface area contributed by atoms with E-state index < -0.39 is 104 Å². The fourth-order valence-electron chi connectivity index (χ4n) is 8.03. The van der Waals surface area contributed by atoms with Gasteiger partial charge < -0.3 is 71.7 Å². The molecule has 2 aliphatic heterocycles. The lowest BCUT2D eigenvalue weighted by Crippen LogP contribution is -2.56. The molecule has 1 unspecified atom stereocenters. The monoisotopic (exact) mass is 1100 g/mol. The summed E-state index contributed by atoms with van der Waals surface area (Å²) < 4.78 is 22.5. The number of hydrogen-bond acceptors (Lipinski definition) is 18. The zero-order valence-corrected chi connectivity index (χ0v) is 43.8. The Morgan fingerprint density at radius 1 is 0.727 bits per heavy atom. The van der Waals surface area contributed by atoms with E-state index in [-0.39, 0.29) is 136 Å². The highest BCUT2D eigenvalue weighted by Crippen LogP contribution is 2.27. The van der Waals surface area contributed by atoms with Crippen molar-refractivity contribution in [3.63, 3.8) is 0 Å². The molecule has 0 aromatic heterocycles. The number of carbonyl (C=O) groups is 9. The molecule has 0 aliphatic carbocycles. The van der Waals surface area contributed by atoms with Crippen LogP contribution < -0.4 is 42.5 Å². The molecule has 0 spiro atoms. The summed E-state index contributed by atoms with van der Waals surface area (Å²) in [6.45, 7) is 2.55. The van der Waals surface area contributed by atoms with E-state index in [4.69, 9.17) is 30.1 Å². The maximum absolute atomic E-state index is 14.1. The number of ether oxygens (including phenoxy) is 4. The number of carboxylic acid groups (broad SMARTS) is 4. The van der Waals surface area contributed by atoms with Crippen molar-refractivity contribution < 1.29 is 87.7 Å². The Morgan fingerprint density at radius 3 is 1.75 bits per heavy atom. The van der Waals surface area contributed by atoms with Crippen LogP contribution in [0.1, 0.15) is 51.5 Å². The molecule has 2 bridgehead atoms. The van der Waals surface area contributed by atoms with E-state index in [1.807, 2.05) is 13.8 Å². The average Bonchev–Trinajstić information content (AvgIpc) is 3.35. The normalized spacial score (nSPS) is 16.2. The quantitative estimate of drug-likeness (QED) is 0.0103. The van der Waals surface area contributed by atoms with Gasteiger partial charge in [0.25, 0.3) is 0 Å². The van der Waals surface area contributed by atoms with Crippen LogP contribution >= 0.6 is 0 Å². The highest BCUT2D eigenvalue weighted by atomic mass is 16.5. The largest absolute Gasteiger partial charge is 0.494 e. The number of guanidine groups is 1. The summed E-state index contributed by atoms with van der Waals surface area (Å²) in [5.41, 5.74) is 7.80. The van der Waals surface area contributed by atoms with Gasteiger partial charge in [0.15, 0.2) is 5.96 Å². The molecule has 2 heterocycles. The van der Waals surface area contributed by atoms with Crippen molar-refractivity contribution in [2.45, 2.75) is 64.5 Å². The van der Waals surface area contributed by atoms with Crippen molar-refractivity contribution in [1.82, 2.24) is 46.8 Å². The maximum Gasteiger partial charge on any atom is 0.317 e. The Bertz CT molecular complexity index is 1960. The minimum absolute atomic E-state index is 0.00690. The van der Waals surface area contributed by atoms with Gasteiger partial charge in [-0.3, -0.25) is 68.5 Å². The van der Waals surface area contributed by atoms with Crippen LogP contribution in [0.25, 0.3) is 0 Å². The van der Waals surface area contributed by atoms with E-state index in [0.29, 0.717) is 24.2 Å². The number of nitrogens with two attached hydrogens (primary N) is 1. The Balaban J connectivity index is 1.89. The molecule has 77 heavy (non-hydrogen) atoms. The maximum atomic E-state index is 14.1. The number of benzene rings is 1. The lowest BCUT2D eigenvalue weighted by atomic mass is 9.81. The van der Waals surface area contributed by atoms with Crippen molar-refractivity contribution in [3.05, 3.63) is 29.8 Å². The number of hydroxylamine groups is 1. The molecule has 1 aromatic carbocycles. The molecule has 29 heteroatoms. The van der Waals surface area contributed by atoms with Crippen LogP contribution in [0.4, 0.5) is 0 Å². The molecule has 4 atom stereocenters. The number of carboxylic acids is 4. The van der Waals surface area contributed by atoms with Crippen molar-refractivity contribution in [2.75, 3.05) is 125 Å². The number of nitrogens with one attached hydrogen (secondary N) is 7. The number of nitrogens with zero attached hydrogens (tertiary/aromatic N) is 3. The summed E-state index contributed by atoms with van der Waals surface area (Å²) in [4.78, 5) is 116. The van der Waals surface area contributed by atoms with Gasteiger partial charge in [0.05, 0.1) is 84.9 Å². The zero-order chi connectivity index (χ0) is 57.1. The summed E-state index contributed by atoms with van der Waals surface area (Å²) in [5.74, 6) is -9.58. The fourth-order valence-corrected chi connectivity index (χ4v) is 8.03. The molecule has 0 saturated heterocycles. The highest BCUT2D eigenvalue weighted by Gasteiger charge is 2.37. The van der Waals surface area contributed by atoms with Gasteiger partial charge in [-0.05, 0) is 55.7 Å². The number of aliphatic carboxylic acids is 4. The van der Waals surface area contributed by atoms with Gasteiger partial charge in [0.2, 0.25) is 29.5 Å². The number of rotatable bonds is 38. The van der Waals surface area contributed by atoms with Gasteiger partial charge in [-0.25, -0.2) is 5.48 Å². The molecule has 0 fully saturated rings. The van der Waals surface area contributed by atoms with E-state index in [1.165, 1.54) is 4.90 Å². The number of carbonyl (C=O) groups excluding carboxylic acids is 5. The van der Waals surface area contributed by atoms with E-state index in [9.17, 15) is 68.8 Å². The van der Waals surface area contributed by atoms with Crippen molar-refractivity contribution >= 4 is 59.4 Å². The van der Waals surface area contributed by atoms with Gasteiger partial charge in [0.1, 0.15) is 17.8 Å². The van der Waals surface area contributed by atoms with Crippen LogP contribution in [0.2, 0.25) is 0 Å². The molecular weight excluding hydrogens is 1020 g/mol. The average molecular weight is 1100 g/mol. The number of amides is 5. The first kappa shape index (κ1) is 66.4. The summed E-state index contributed by atoms with van der Waals surface area (Å²) in [5, 5.41) is 67.5. The first-order valence-corrected chi connectivity index (χ1v) is 25.3. The fraction of sp³-hybridized carbons (Fsp3) is 0.667. The predicted octanol–water partition coefficient (Wildman–Crippen LogP) is -3.05. The highest BCUT2D eigenvalue weighted by molar-refractivity contribution is 5.94. The molecule has 29 nitrogen and oxygen atoms in total. The van der Waals surface area contributed by atoms with Gasteiger partial charge in [0, 0.05) is 58.2 Å². The third-order valence-corrected chi connectivity index (χ3v) is 11.7. The molecular formula is C48H79N11O18. The predicted molar refractivity (Wildman–Crippen MR) is 273 cm³/mol. The van der Waals surface area contributed by atoms with Crippen LogP contribution in [0.15, 0.2) is 24.3 Å². The summed E-state index contributed by atoms with van der Waals surface area (Å²) in [6.07, 6.45) is 1.39. The van der Waals surface area contributed by atoms with E-state index in [2.05, 4.69) is 26.6 Å². The van der Waals surface area contributed by atoms with Gasteiger partial charge in [-0.15, -0.1) is 0 Å². The molecule has 3 rings (SSSR count). The lowest BCUT2D eigenvalue weighted by Gasteiger charge is -2.29. The first-order valence-electron chi connectivity index (χ1n) is 25.3. The van der Waals surface area contributed by atoms with Gasteiger partial charge in [-0.2, -0.15) is 0 Å². The third-order valence-electron chi connectivity index (χ3n) is 11.7. The Labute approximate surface area is 446 Å². The molecule has 2 aliphatic rings. The SMILES string of the molecule is CC(C)C[C@H]1C(=O)NC(C(=O)N[C@@H](CCCNC(=N)N)C(=O)NCCOCCOCCOCCNC(=O)CN(CCN(CC(=O)O)CC(=O)O)CCN(CC(=O)O)CC(=O)O)Cc2ccc(cc2)OCCC[C@@H]1C(=O)NO. The topological polar surface area (TPSA) is 423 Å². The third kappa shape index (κ3) is 30.5. The number of fused-ring (bicyclic) bond motifs is 11. The van der Waals surface area contributed by atoms with E-state index in [0.717, 1.165) is 9.80 Å². The standard InChI is InChI=1S/C48H79N11O18/c1-32(2)25-36-35(45(70)56-73)5-4-18-77-34-9-7-33(8-10-34)26-38(55-44(36)69)47(72)54-37(6-3-11-53-48(49)50)46(71)52-13-20-75-22-24-76-23-21-74-19-12-51-39(60)27-57(14-16-58(28-40(61)62)29-41(63)64)15-17-59(30-42(65)66)31-43(67)68/h7-10,32,35-38,73H,3-6,11-31H2,1-2H3,(H,51,60)(H,52,71)(H,54,72)(H,55,69)(H,56,70)(H,61,62)(H,63,64)(H,65,66)(H,67,68)(H4,49,50,53)/t35-,36+,37-,38?/m0/s1. The van der Waals surface area contributed by atoms with Crippen LogP contribution in [-0.2, 0) is 63.8 Å². The van der Waals surface area contributed by atoms with Gasteiger partial charge in [-0.1, -0.05) is 26.0 Å².